The van der Waals surface area contributed by atoms with Crippen molar-refractivity contribution < 1.29 is 9.21 Å². The van der Waals surface area contributed by atoms with Gasteiger partial charge in [0.15, 0.2) is 15.6 Å². The number of carbonyl (C=O) groups excluding carboxylic acids is 1. The number of thioether (sulfide) groups is 1. The largest absolute Gasteiger partial charge is 0.446 e. The van der Waals surface area contributed by atoms with Crippen LogP contribution in [0.2, 0.25) is 0 Å². The number of nitrogens with one attached hydrogen (secondary N) is 1. The number of amides is 1. The average molecular weight is 449 g/mol. The van der Waals surface area contributed by atoms with Crippen LogP contribution in [0.4, 0.5) is 5.69 Å². The van der Waals surface area contributed by atoms with E-state index in [2.05, 4.69) is 31.4 Å². The fourth-order valence-corrected chi connectivity index (χ4v) is 3.76. The van der Waals surface area contributed by atoms with E-state index in [4.69, 9.17) is 4.42 Å². The summed E-state index contributed by atoms with van der Waals surface area (Å²) >= 11 is 4.66. The van der Waals surface area contributed by atoms with E-state index in [-0.39, 0.29) is 17.7 Å². The van der Waals surface area contributed by atoms with Crippen LogP contribution in [-0.2, 0) is 4.79 Å². The van der Waals surface area contributed by atoms with E-state index < -0.39 is 0 Å². The normalized spacial score (nSPS) is 11.2. The molecule has 3 rings (SSSR count). The van der Waals surface area contributed by atoms with Crippen molar-refractivity contribution in [2.24, 2.45) is 0 Å². The molecule has 2 aromatic heterocycles. The number of aryl methyl sites for hydroxylation is 2. The van der Waals surface area contributed by atoms with Gasteiger partial charge in [-0.1, -0.05) is 17.8 Å². The van der Waals surface area contributed by atoms with Crippen LogP contribution < -0.4 is 5.32 Å². The standard InChI is InChI=1S/C19H21BrN4O2S/c1-11(2)24-18(15-7-8-16(20)26-15)22-23-19(24)27-10-17(25)21-14-6-5-12(3)13(4)9-14/h5-9,11H,10H2,1-4H3,(H,21,25). The molecule has 0 atom stereocenters. The topological polar surface area (TPSA) is 73.0 Å². The summed E-state index contributed by atoms with van der Waals surface area (Å²) in [5.74, 6) is 1.45. The summed E-state index contributed by atoms with van der Waals surface area (Å²) in [5, 5.41) is 12.1. The van der Waals surface area contributed by atoms with E-state index in [0.29, 0.717) is 21.4 Å². The van der Waals surface area contributed by atoms with Crippen LogP contribution in [0.1, 0.15) is 31.0 Å². The highest BCUT2D eigenvalue weighted by Crippen LogP contribution is 2.30. The Hall–Kier alpha value is -2.06. The first-order chi connectivity index (χ1) is 12.8. The molecule has 0 radical (unpaired) electrons. The molecule has 2 heterocycles. The van der Waals surface area contributed by atoms with Crippen molar-refractivity contribution in [3.05, 3.63) is 46.1 Å². The second-order valence-electron chi connectivity index (χ2n) is 6.51. The van der Waals surface area contributed by atoms with Crippen LogP contribution in [0.3, 0.4) is 0 Å². The molecule has 0 aliphatic rings. The van der Waals surface area contributed by atoms with Gasteiger partial charge < -0.3 is 9.73 Å². The highest BCUT2D eigenvalue weighted by Gasteiger charge is 2.20. The smallest absolute Gasteiger partial charge is 0.234 e. The van der Waals surface area contributed by atoms with E-state index in [1.807, 2.05) is 62.6 Å². The van der Waals surface area contributed by atoms with Gasteiger partial charge in [0.1, 0.15) is 0 Å². The van der Waals surface area contributed by atoms with Crippen LogP contribution in [0, 0.1) is 13.8 Å². The van der Waals surface area contributed by atoms with Gasteiger partial charge in [0.05, 0.1) is 5.75 Å². The monoisotopic (exact) mass is 448 g/mol. The average Bonchev–Trinajstić information content (AvgIpc) is 3.22. The first-order valence-electron chi connectivity index (χ1n) is 8.55. The highest BCUT2D eigenvalue weighted by molar-refractivity contribution is 9.10. The SMILES string of the molecule is Cc1ccc(NC(=O)CSc2nnc(-c3ccc(Br)o3)n2C(C)C)cc1C. The van der Waals surface area contributed by atoms with Crippen LogP contribution in [0.15, 0.2) is 44.6 Å². The number of anilines is 1. The highest BCUT2D eigenvalue weighted by atomic mass is 79.9. The number of carbonyl (C=O) groups is 1. The third kappa shape index (κ3) is 4.62. The zero-order valence-corrected chi connectivity index (χ0v) is 18.0. The first-order valence-corrected chi connectivity index (χ1v) is 10.3. The number of hydrogen-bond donors (Lipinski definition) is 1. The van der Waals surface area contributed by atoms with Gasteiger partial charge in [0.25, 0.3) is 0 Å². The number of hydrogen-bond acceptors (Lipinski definition) is 5. The van der Waals surface area contributed by atoms with Gasteiger partial charge in [0.2, 0.25) is 11.7 Å². The lowest BCUT2D eigenvalue weighted by Gasteiger charge is -2.12. The van der Waals surface area contributed by atoms with E-state index in [9.17, 15) is 4.79 Å². The van der Waals surface area contributed by atoms with Crippen molar-refractivity contribution in [3.8, 4) is 11.6 Å². The Morgan fingerprint density at radius 2 is 2.00 bits per heavy atom. The molecule has 1 amide bonds. The minimum absolute atomic E-state index is 0.0798. The molecule has 0 aliphatic carbocycles. The zero-order valence-electron chi connectivity index (χ0n) is 15.6. The second kappa shape index (κ2) is 8.31. The molecule has 0 saturated heterocycles. The molecule has 3 aromatic rings. The molecule has 0 bridgehead atoms. The summed E-state index contributed by atoms with van der Waals surface area (Å²) in [7, 11) is 0. The van der Waals surface area contributed by atoms with Crippen LogP contribution in [-0.4, -0.2) is 26.4 Å². The lowest BCUT2D eigenvalue weighted by molar-refractivity contribution is -0.113. The van der Waals surface area contributed by atoms with Gasteiger partial charge in [-0.15, -0.1) is 10.2 Å². The molecular weight excluding hydrogens is 428 g/mol. The summed E-state index contributed by atoms with van der Waals surface area (Å²) in [6, 6.07) is 9.67. The Bertz CT molecular complexity index is 965. The molecule has 0 aliphatic heterocycles. The summed E-state index contributed by atoms with van der Waals surface area (Å²) < 4.78 is 8.21. The Morgan fingerprint density at radius 3 is 2.63 bits per heavy atom. The van der Waals surface area contributed by atoms with Crippen LogP contribution in [0.5, 0.6) is 0 Å². The minimum atomic E-state index is -0.0798. The first kappa shape index (κ1) is 19.7. The number of rotatable bonds is 6. The second-order valence-corrected chi connectivity index (χ2v) is 8.23. The van der Waals surface area contributed by atoms with Crippen molar-refractivity contribution >= 4 is 39.3 Å². The van der Waals surface area contributed by atoms with E-state index >= 15 is 0 Å². The number of halogens is 1. The minimum Gasteiger partial charge on any atom is -0.446 e. The van der Waals surface area contributed by atoms with Gasteiger partial charge in [-0.05, 0) is 79.0 Å². The molecule has 27 heavy (non-hydrogen) atoms. The molecule has 142 valence electrons. The summed E-state index contributed by atoms with van der Waals surface area (Å²) in [6.45, 7) is 8.16. The fourth-order valence-electron chi connectivity index (χ4n) is 2.59. The Morgan fingerprint density at radius 1 is 1.22 bits per heavy atom. The molecule has 0 spiro atoms. The molecule has 1 N–H and O–H groups in total. The maximum absolute atomic E-state index is 12.3. The van der Waals surface area contributed by atoms with Crippen LogP contribution >= 0.6 is 27.7 Å². The third-order valence-corrected chi connectivity index (χ3v) is 5.47. The van der Waals surface area contributed by atoms with Gasteiger partial charge in [-0.2, -0.15) is 0 Å². The zero-order chi connectivity index (χ0) is 19.6. The van der Waals surface area contributed by atoms with Gasteiger partial charge in [-0.3, -0.25) is 9.36 Å². The molecule has 0 unspecified atom stereocenters. The van der Waals surface area contributed by atoms with Crippen molar-refractivity contribution in [2.75, 3.05) is 11.1 Å². The molecule has 0 fully saturated rings. The van der Waals surface area contributed by atoms with Crippen molar-refractivity contribution in [1.29, 1.82) is 0 Å². The van der Waals surface area contributed by atoms with Crippen molar-refractivity contribution in [3.63, 3.8) is 0 Å². The lowest BCUT2D eigenvalue weighted by atomic mass is 10.1. The Balaban J connectivity index is 1.71. The van der Waals surface area contributed by atoms with E-state index in [1.165, 1.54) is 17.3 Å². The Labute approximate surface area is 170 Å². The predicted octanol–water partition coefficient (Wildman–Crippen LogP) is 5.23. The van der Waals surface area contributed by atoms with Gasteiger partial charge in [0, 0.05) is 11.7 Å². The number of aromatic nitrogens is 3. The lowest BCUT2D eigenvalue weighted by Crippen LogP contribution is -2.15. The van der Waals surface area contributed by atoms with E-state index in [0.717, 1.165) is 11.3 Å². The van der Waals surface area contributed by atoms with Crippen LogP contribution in [0.25, 0.3) is 11.6 Å². The maximum atomic E-state index is 12.3. The third-order valence-electron chi connectivity index (χ3n) is 4.10. The number of nitrogens with zero attached hydrogens (tertiary/aromatic N) is 3. The summed E-state index contributed by atoms with van der Waals surface area (Å²) in [4.78, 5) is 12.3. The number of furan rings is 1. The number of benzene rings is 1. The fraction of sp³-hybridized carbons (Fsp3) is 0.316. The molecule has 8 heteroatoms. The van der Waals surface area contributed by atoms with Crippen molar-refractivity contribution in [1.82, 2.24) is 14.8 Å². The van der Waals surface area contributed by atoms with E-state index in [1.54, 1.807) is 0 Å². The molecule has 1 aromatic carbocycles. The molecule has 6 nitrogen and oxygen atoms in total. The van der Waals surface area contributed by atoms with Crippen molar-refractivity contribution in [2.45, 2.75) is 38.9 Å². The quantitative estimate of drug-likeness (QED) is 0.522. The molecule has 0 saturated carbocycles. The molecular formula is C19H21BrN4O2S. The van der Waals surface area contributed by atoms with Gasteiger partial charge >= 0.3 is 0 Å². The maximum Gasteiger partial charge on any atom is 0.234 e. The Kier molecular flexibility index (Phi) is 6.06. The van der Waals surface area contributed by atoms with Gasteiger partial charge in [-0.25, -0.2) is 0 Å². The summed E-state index contributed by atoms with van der Waals surface area (Å²) in [6.07, 6.45) is 0. The summed E-state index contributed by atoms with van der Waals surface area (Å²) in [5.41, 5.74) is 3.15. The predicted molar refractivity (Wildman–Crippen MR) is 111 cm³/mol.